The van der Waals surface area contributed by atoms with Crippen molar-refractivity contribution in [1.29, 1.82) is 0 Å². The lowest BCUT2D eigenvalue weighted by atomic mass is 10.5. The normalized spacial score (nSPS) is 13.4. The van der Waals surface area contributed by atoms with E-state index in [2.05, 4.69) is 0 Å². The molecule has 0 aliphatic heterocycles. The molecule has 11 heavy (non-hydrogen) atoms. The predicted molar refractivity (Wildman–Crippen MR) is 42.3 cm³/mol. The molecule has 0 aliphatic carbocycles. The number of aliphatic hydroxyl groups excluding tert-OH is 1. The van der Waals surface area contributed by atoms with Crippen LogP contribution in [0.25, 0.3) is 0 Å². The summed E-state index contributed by atoms with van der Waals surface area (Å²) in [5.41, 5.74) is 3.10. The van der Waals surface area contributed by atoms with Crippen molar-refractivity contribution < 1.29 is 14.4 Å². The summed E-state index contributed by atoms with van der Waals surface area (Å²) in [5.74, 6) is 0. The number of methoxy groups -OCH3 is 1. The number of nitrogens with zero attached hydrogens (tertiary/aromatic N) is 1. The van der Waals surface area contributed by atoms with E-state index in [1.165, 1.54) is 7.11 Å². The Balaban J connectivity index is 2.56. The van der Waals surface area contributed by atoms with Gasteiger partial charge in [0.2, 0.25) is 11.8 Å². The molecule has 0 aromatic carbocycles. The average Bonchev–Trinajstić information content (AvgIpc) is 2.37. The van der Waals surface area contributed by atoms with Gasteiger partial charge >= 0.3 is 0 Å². The molecule has 1 atom stereocenters. The van der Waals surface area contributed by atoms with Crippen LogP contribution in [-0.4, -0.2) is 18.5 Å². The van der Waals surface area contributed by atoms with E-state index in [0.717, 1.165) is 5.69 Å². The number of hydrogen-bond acceptors (Lipinski definition) is 3. The summed E-state index contributed by atoms with van der Waals surface area (Å²) < 4.78 is 6.68. The number of hydrogen-bond donors (Lipinski definition) is 1. The van der Waals surface area contributed by atoms with Gasteiger partial charge < -0.3 is 9.84 Å². The maximum Gasteiger partial charge on any atom is 0.225 e. The minimum Gasteiger partial charge on any atom is -0.363 e. The molecule has 62 valence electrons. The van der Waals surface area contributed by atoms with Crippen LogP contribution >= 0.6 is 11.3 Å². The van der Waals surface area contributed by atoms with Crippen LogP contribution in [0, 0.1) is 6.92 Å². The van der Waals surface area contributed by atoms with E-state index in [-0.39, 0.29) is 0 Å². The van der Waals surface area contributed by atoms with Gasteiger partial charge in [-0.2, -0.15) is 4.57 Å². The van der Waals surface area contributed by atoms with Crippen LogP contribution < -0.4 is 4.57 Å². The van der Waals surface area contributed by atoms with E-state index in [1.807, 2.05) is 22.4 Å². The van der Waals surface area contributed by atoms with Crippen molar-refractivity contribution >= 4 is 11.3 Å². The highest BCUT2D eigenvalue weighted by atomic mass is 32.1. The highest BCUT2D eigenvalue weighted by Crippen LogP contribution is 1.97. The first-order valence-electron chi connectivity index (χ1n) is 3.37. The second kappa shape index (κ2) is 3.80. The van der Waals surface area contributed by atoms with Crippen molar-refractivity contribution in [2.75, 3.05) is 7.11 Å². The van der Waals surface area contributed by atoms with E-state index in [4.69, 9.17) is 9.84 Å². The molecule has 1 N–H and O–H groups in total. The third-order valence-electron chi connectivity index (χ3n) is 1.50. The molecule has 0 amide bonds. The lowest BCUT2D eigenvalue weighted by Gasteiger charge is -2.02. The highest BCUT2D eigenvalue weighted by molar-refractivity contribution is 7.07. The summed E-state index contributed by atoms with van der Waals surface area (Å²) in [6.45, 7) is 2.50. The Hall–Kier alpha value is -0.450. The van der Waals surface area contributed by atoms with Crippen molar-refractivity contribution in [2.45, 2.75) is 19.8 Å². The van der Waals surface area contributed by atoms with E-state index < -0.39 is 6.29 Å². The largest absolute Gasteiger partial charge is 0.363 e. The minimum atomic E-state index is -0.701. The van der Waals surface area contributed by atoms with Gasteiger partial charge in [0.1, 0.15) is 0 Å². The topological polar surface area (TPSA) is 33.3 Å². The Morgan fingerprint density at radius 3 is 3.00 bits per heavy atom. The summed E-state index contributed by atoms with van der Waals surface area (Å²) in [4.78, 5) is 0. The Morgan fingerprint density at radius 2 is 2.55 bits per heavy atom. The van der Waals surface area contributed by atoms with Crippen LogP contribution in [0.5, 0.6) is 0 Å². The second-order valence-corrected chi connectivity index (χ2v) is 3.06. The Labute approximate surface area is 69.9 Å². The van der Waals surface area contributed by atoms with E-state index in [9.17, 15) is 0 Å². The fourth-order valence-electron chi connectivity index (χ4n) is 0.783. The lowest BCUT2D eigenvalue weighted by Crippen LogP contribution is -2.40. The predicted octanol–water partition coefficient (Wildman–Crippen LogP) is 0.309. The minimum absolute atomic E-state index is 0.506. The monoisotopic (exact) mass is 174 g/mol. The van der Waals surface area contributed by atoms with Gasteiger partial charge in [0, 0.05) is 14.0 Å². The molecule has 0 saturated carbocycles. The van der Waals surface area contributed by atoms with Crippen LogP contribution in [0.4, 0.5) is 0 Å². The summed E-state index contributed by atoms with van der Waals surface area (Å²) in [7, 11) is 1.49. The van der Waals surface area contributed by atoms with Crippen LogP contribution in [0.1, 0.15) is 5.69 Å². The molecule has 0 bridgehead atoms. The van der Waals surface area contributed by atoms with Gasteiger partial charge in [-0.3, -0.25) is 0 Å². The summed E-state index contributed by atoms with van der Waals surface area (Å²) in [6, 6.07) is 0. The molecule has 1 aromatic rings. The fourth-order valence-corrected chi connectivity index (χ4v) is 1.58. The Morgan fingerprint density at radius 1 is 1.82 bits per heavy atom. The molecule has 1 heterocycles. The van der Waals surface area contributed by atoms with Gasteiger partial charge in [0.05, 0.1) is 5.38 Å². The Bertz CT molecular complexity index is 224. The number of aryl methyl sites for hydroxylation is 1. The first-order valence-corrected chi connectivity index (χ1v) is 4.31. The fraction of sp³-hybridized carbons (Fsp3) is 0.571. The third kappa shape index (κ3) is 2.25. The number of thiazole rings is 1. The lowest BCUT2D eigenvalue weighted by molar-refractivity contribution is -0.711. The molecule has 0 radical (unpaired) electrons. The first kappa shape index (κ1) is 8.64. The summed E-state index contributed by atoms with van der Waals surface area (Å²) >= 11 is 1.61. The van der Waals surface area contributed by atoms with Crippen molar-refractivity contribution in [3.8, 4) is 0 Å². The van der Waals surface area contributed by atoms with E-state index >= 15 is 0 Å². The molecule has 0 aliphatic rings. The van der Waals surface area contributed by atoms with Gasteiger partial charge in [0.25, 0.3) is 0 Å². The van der Waals surface area contributed by atoms with E-state index in [1.54, 1.807) is 11.3 Å². The molecule has 1 aromatic heterocycles. The smallest absolute Gasteiger partial charge is 0.225 e. The van der Waals surface area contributed by atoms with E-state index in [0.29, 0.717) is 6.54 Å². The number of ether oxygens (including phenoxy) is 1. The third-order valence-corrected chi connectivity index (χ3v) is 2.36. The molecular weight excluding hydrogens is 162 g/mol. The average molecular weight is 174 g/mol. The SMILES string of the molecule is COC(O)C[n+]1cscc1C. The molecular formula is C7H12NO2S+. The van der Waals surface area contributed by atoms with Gasteiger partial charge in [-0.25, -0.2) is 0 Å². The van der Waals surface area contributed by atoms with Crippen LogP contribution in [0.2, 0.25) is 0 Å². The number of aromatic nitrogens is 1. The van der Waals surface area contributed by atoms with Crippen molar-refractivity contribution in [2.24, 2.45) is 0 Å². The quantitative estimate of drug-likeness (QED) is 0.528. The number of rotatable bonds is 3. The highest BCUT2D eigenvalue weighted by Gasteiger charge is 2.12. The maximum absolute atomic E-state index is 9.12. The summed E-state index contributed by atoms with van der Waals surface area (Å²) in [6.07, 6.45) is -0.701. The molecule has 4 heteroatoms. The van der Waals surface area contributed by atoms with Crippen LogP contribution in [0.3, 0.4) is 0 Å². The van der Waals surface area contributed by atoms with Crippen molar-refractivity contribution in [3.63, 3.8) is 0 Å². The second-order valence-electron chi connectivity index (χ2n) is 2.34. The molecule has 0 spiro atoms. The zero-order valence-corrected chi connectivity index (χ0v) is 7.47. The molecule has 3 nitrogen and oxygen atoms in total. The van der Waals surface area contributed by atoms with Crippen molar-refractivity contribution in [1.82, 2.24) is 0 Å². The molecule has 1 rings (SSSR count). The standard InChI is InChI=1S/C7H12NO2S/c1-6-4-11-5-8(6)3-7(9)10-2/h4-5,7,9H,3H2,1-2H3/q+1. The number of aliphatic hydroxyl groups is 1. The first-order chi connectivity index (χ1) is 5.24. The van der Waals surface area contributed by atoms with Crippen molar-refractivity contribution in [3.05, 3.63) is 16.6 Å². The maximum atomic E-state index is 9.12. The molecule has 1 unspecified atom stereocenters. The van der Waals surface area contributed by atoms with Gasteiger partial charge in [-0.1, -0.05) is 11.3 Å². The molecule has 0 saturated heterocycles. The van der Waals surface area contributed by atoms with Crippen LogP contribution in [-0.2, 0) is 11.3 Å². The van der Waals surface area contributed by atoms with Gasteiger partial charge in [0.15, 0.2) is 12.2 Å². The zero-order valence-electron chi connectivity index (χ0n) is 6.65. The molecule has 0 fully saturated rings. The van der Waals surface area contributed by atoms with Gasteiger partial charge in [-0.05, 0) is 0 Å². The van der Waals surface area contributed by atoms with Gasteiger partial charge in [-0.15, -0.1) is 0 Å². The van der Waals surface area contributed by atoms with Crippen LogP contribution in [0.15, 0.2) is 10.9 Å². The zero-order chi connectivity index (χ0) is 8.27. The summed E-state index contributed by atoms with van der Waals surface area (Å²) in [5, 5.41) is 11.1. The Kier molecular flexibility index (Phi) is 2.99.